The van der Waals surface area contributed by atoms with Crippen molar-refractivity contribution in [3.05, 3.63) is 72.3 Å². The molecule has 0 bridgehead atoms. The standard InChI is InChI=1S/C23H20F3NO4/c1-2-30-21(28)20(27-22(29)23(24,25)26)13-15-6-5-9-18(12-15)31-19-11-10-16-7-3-4-8-17(16)14-19/h3-12,14,20H,2,13H2,1H3,(H,27,29)/t20-/m0/s1. The highest BCUT2D eigenvalue weighted by Gasteiger charge is 2.41. The molecule has 5 nitrogen and oxygen atoms in total. The summed E-state index contributed by atoms with van der Waals surface area (Å²) < 4.78 is 48.6. The molecule has 0 radical (unpaired) electrons. The lowest BCUT2D eigenvalue weighted by Crippen LogP contribution is -2.48. The smallest absolute Gasteiger partial charge is 0.464 e. The van der Waals surface area contributed by atoms with Crippen LogP contribution in [-0.2, 0) is 20.7 Å². The highest BCUT2D eigenvalue weighted by molar-refractivity contribution is 5.87. The molecule has 0 aliphatic heterocycles. The van der Waals surface area contributed by atoms with Crippen molar-refractivity contribution in [3.63, 3.8) is 0 Å². The number of amides is 1. The Bertz CT molecular complexity index is 1080. The quantitative estimate of drug-likeness (QED) is 0.547. The van der Waals surface area contributed by atoms with Crippen molar-refractivity contribution in [3.8, 4) is 11.5 Å². The average Bonchev–Trinajstić information content (AvgIpc) is 2.73. The van der Waals surface area contributed by atoms with E-state index in [-0.39, 0.29) is 13.0 Å². The van der Waals surface area contributed by atoms with Gasteiger partial charge in [0.2, 0.25) is 0 Å². The number of hydrogen-bond acceptors (Lipinski definition) is 4. The average molecular weight is 431 g/mol. The third-order valence-electron chi connectivity index (χ3n) is 4.43. The van der Waals surface area contributed by atoms with E-state index >= 15 is 0 Å². The van der Waals surface area contributed by atoms with Gasteiger partial charge in [-0.1, -0.05) is 42.5 Å². The zero-order valence-corrected chi connectivity index (χ0v) is 16.6. The minimum absolute atomic E-state index is 0.0255. The highest BCUT2D eigenvalue weighted by Crippen LogP contribution is 2.26. The van der Waals surface area contributed by atoms with E-state index in [1.807, 2.05) is 36.4 Å². The number of carbonyl (C=O) groups is 2. The number of benzene rings is 3. The Morgan fingerprint density at radius 3 is 2.35 bits per heavy atom. The number of fused-ring (bicyclic) bond motifs is 1. The molecule has 0 aromatic heterocycles. The van der Waals surface area contributed by atoms with Crippen LogP contribution < -0.4 is 10.1 Å². The van der Waals surface area contributed by atoms with E-state index in [1.54, 1.807) is 35.6 Å². The van der Waals surface area contributed by atoms with Crippen molar-refractivity contribution >= 4 is 22.6 Å². The summed E-state index contributed by atoms with van der Waals surface area (Å²) >= 11 is 0. The molecule has 1 atom stereocenters. The molecule has 31 heavy (non-hydrogen) atoms. The van der Waals surface area contributed by atoms with E-state index in [2.05, 4.69) is 0 Å². The summed E-state index contributed by atoms with van der Waals surface area (Å²) in [5.74, 6) is -2.12. The number of halogens is 3. The molecule has 0 unspecified atom stereocenters. The fraction of sp³-hybridized carbons (Fsp3) is 0.217. The zero-order valence-electron chi connectivity index (χ0n) is 16.6. The van der Waals surface area contributed by atoms with Crippen LogP contribution in [-0.4, -0.2) is 30.7 Å². The van der Waals surface area contributed by atoms with Crippen molar-refractivity contribution in [2.45, 2.75) is 25.6 Å². The van der Waals surface area contributed by atoms with Crippen LogP contribution in [0, 0.1) is 0 Å². The maximum Gasteiger partial charge on any atom is 0.471 e. The molecule has 0 aliphatic carbocycles. The lowest BCUT2D eigenvalue weighted by molar-refractivity contribution is -0.175. The van der Waals surface area contributed by atoms with Gasteiger partial charge in [0.05, 0.1) is 6.61 Å². The van der Waals surface area contributed by atoms with Gasteiger partial charge in [0.1, 0.15) is 17.5 Å². The van der Waals surface area contributed by atoms with Crippen molar-refractivity contribution in [2.24, 2.45) is 0 Å². The summed E-state index contributed by atoms with van der Waals surface area (Å²) in [7, 11) is 0. The number of carbonyl (C=O) groups excluding carboxylic acids is 2. The summed E-state index contributed by atoms with van der Waals surface area (Å²) in [6.45, 7) is 1.50. The van der Waals surface area contributed by atoms with E-state index < -0.39 is 24.1 Å². The SMILES string of the molecule is CCOC(=O)[C@H](Cc1cccc(Oc2ccc3ccccc3c2)c1)NC(=O)C(F)(F)F. The summed E-state index contributed by atoms with van der Waals surface area (Å²) in [5.41, 5.74) is 0.499. The minimum atomic E-state index is -5.11. The normalized spacial score (nSPS) is 12.3. The van der Waals surface area contributed by atoms with Gasteiger partial charge in [-0.05, 0) is 47.5 Å². The van der Waals surface area contributed by atoms with Crippen molar-refractivity contribution in [2.75, 3.05) is 6.61 Å². The van der Waals surface area contributed by atoms with Crippen LogP contribution in [0.25, 0.3) is 10.8 Å². The molecule has 0 heterocycles. The lowest BCUT2D eigenvalue weighted by Gasteiger charge is -2.18. The summed E-state index contributed by atoms with van der Waals surface area (Å²) in [6, 6.07) is 18.4. The number of esters is 1. The van der Waals surface area contributed by atoms with Crippen LogP contribution in [0.4, 0.5) is 13.2 Å². The Hall–Kier alpha value is -3.55. The zero-order chi connectivity index (χ0) is 22.4. The van der Waals surface area contributed by atoms with Gasteiger partial charge < -0.3 is 14.8 Å². The Morgan fingerprint density at radius 2 is 1.65 bits per heavy atom. The second-order valence-corrected chi connectivity index (χ2v) is 6.74. The molecule has 3 aromatic rings. The van der Waals surface area contributed by atoms with Crippen LogP contribution in [0.3, 0.4) is 0 Å². The molecule has 0 saturated heterocycles. The summed E-state index contributed by atoms with van der Waals surface area (Å²) in [6.07, 6.45) is -5.29. The van der Waals surface area contributed by atoms with Crippen LogP contribution >= 0.6 is 0 Å². The van der Waals surface area contributed by atoms with Gasteiger partial charge in [-0.3, -0.25) is 4.79 Å². The molecule has 8 heteroatoms. The van der Waals surface area contributed by atoms with Gasteiger partial charge in [-0.25, -0.2) is 4.79 Å². The van der Waals surface area contributed by atoms with E-state index in [0.29, 0.717) is 17.1 Å². The third kappa shape index (κ3) is 5.97. The molecule has 0 fully saturated rings. The molecule has 1 amide bonds. The van der Waals surface area contributed by atoms with Gasteiger partial charge in [0, 0.05) is 6.42 Å². The maximum absolute atomic E-state index is 12.6. The van der Waals surface area contributed by atoms with Gasteiger partial charge in [-0.2, -0.15) is 13.2 Å². The first-order valence-electron chi connectivity index (χ1n) is 9.56. The Balaban J connectivity index is 1.77. The van der Waals surface area contributed by atoms with Gasteiger partial charge in [-0.15, -0.1) is 0 Å². The second kappa shape index (κ2) is 9.51. The number of nitrogens with one attached hydrogen (secondary N) is 1. The summed E-state index contributed by atoms with van der Waals surface area (Å²) in [5, 5.41) is 3.75. The largest absolute Gasteiger partial charge is 0.471 e. The first kappa shape index (κ1) is 22.1. The molecule has 0 spiro atoms. The molecule has 1 N–H and O–H groups in total. The van der Waals surface area contributed by atoms with Crippen LogP contribution in [0.15, 0.2) is 66.7 Å². The van der Waals surface area contributed by atoms with Crippen LogP contribution in [0.5, 0.6) is 11.5 Å². The minimum Gasteiger partial charge on any atom is -0.464 e. The Morgan fingerprint density at radius 1 is 0.935 bits per heavy atom. The van der Waals surface area contributed by atoms with Crippen molar-refractivity contribution in [1.82, 2.24) is 5.32 Å². The monoisotopic (exact) mass is 431 g/mol. The van der Waals surface area contributed by atoms with Gasteiger partial charge in [0.15, 0.2) is 0 Å². The predicted molar refractivity (Wildman–Crippen MR) is 109 cm³/mol. The molecule has 0 saturated carbocycles. The maximum atomic E-state index is 12.6. The van der Waals surface area contributed by atoms with Gasteiger partial charge >= 0.3 is 18.1 Å². The molecular formula is C23H20F3NO4. The fourth-order valence-electron chi connectivity index (χ4n) is 3.01. The van der Waals surface area contributed by atoms with E-state index in [9.17, 15) is 22.8 Å². The molecule has 0 aliphatic rings. The Labute approximate surface area is 176 Å². The predicted octanol–water partition coefficient (Wildman–Crippen LogP) is 4.78. The number of alkyl halides is 3. The van der Waals surface area contributed by atoms with Crippen LogP contribution in [0.2, 0.25) is 0 Å². The molecule has 3 aromatic carbocycles. The molecule has 162 valence electrons. The van der Waals surface area contributed by atoms with E-state index in [0.717, 1.165) is 10.8 Å². The Kier molecular flexibility index (Phi) is 6.79. The van der Waals surface area contributed by atoms with Gasteiger partial charge in [0.25, 0.3) is 0 Å². The lowest BCUT2D eigenvalue weighted by atomic mass is 10.1. The molecular weight excluding hydrogens is 411 g/mol. The second-order valence-electron chi connectivity index (χ2n) is 6.74. The van der Waals surface area contributed by atoms with E-state index in [1.165, 1.54) is 6.92 Å². The number of hydrogen-bond donors (Lipinski definition) is 1. The first-order valence-corrected chi connectivity index (χ1v) is 9.56. The fourth-order valence-corrected chi connectivity index (χ4v) is 3.01. The number of rotatable bonds is 7. The first-order chi connectivity index (χ1) is 14.8. The molecule has 3 rings (SSSR count). The highest BCUT2D eigenvalue weighted by atomic mass is 19.4. The third-order valence-corrected chi connectivity index (χ3v) is 4.43. The van der Waals surface area contributed by atoms with E-state index in [4.69, 9.17) is 9.47 Å². The number of ether oxygens (including phenoxy) is 2. The summed E-state index contributed by atoms with van der Waals surface area (Å²) in [4.78, 5) is 23.4. The van der Waals surface area contributed by atoms with Crippen molar-refractivity contribution < 1.29 is 32.2 Å². The van der Waals surface area contributed by atoms with Crippen molar-refractivity contribution in [1.29, 1.82) is 0 Å². The van der Waals surface area contributed by atoms with Crippen LogP contribution in [0.1, 0.15) is 12.5 Å². The topological polar surface area (TPSA) is 64.6 Å².